The molecule has 128 valence electrons. The first-order valence-electron chi connectivity index (χ1n) is 8.05. The highest BCUT2D eigenvalue weighted by molar-refractivity contribution is 5.76. The molecule has 0 aliphatic carbocycles. The number of amides is 1. The molecule has 1 amide bonds. The molecular formula is C16H21N5O3. The zero-order valence-electron chi connectivity index (χ0n) is 13.9. The van der Waals surface area contributed by atoms with Gasteiger partial charge in [-0.1, -0.05) is 0 Å². The summed E-state index contributed by atoms with van der Waals surface area (Å²) in [6.45, 7) is 6.86. The van der Waals surface area contributed by atoms with Gasteiger partial charge in [0.1, 0.15) is 11.4 Å². The maximum absolute atomic E-state index is 11.9. The minimum absolute atomic E-state index is 0.0347. The van der Waals surface area contributed by atoms with Gasteiger partial charge in [0.25, 0.3) is 10.9 Å². The molecule has 0 radical (unpaired) electrons. The fourth-order valence-corrected chi connectivity index (χ4v) is 2.97. The highest BCUT2D eigenvalue weighted by atomic mass is 16.2. The van der Waals surface area contributed by atoms with Crippen LogP contribution in [0.4, 0.5) is 11.4 Å². The Morgan fingerprint density at radius 1 is 1.21 bits per heavy atom. The van der Waals surface area contributed by atoms with E-state index >= 15 is 0 Å². The molecule has 1 aromatic carbocycles. The van der Waals surface area contributed by atoms with Crippen LogP contribution in [0.15, 0.2) is 21.9 Å². The van der Waals surface area contributed by atoms with Crippen molar-refractivity contribution in [3.8, 4) is 0 Å². The SMILES string of the molecule is CC(=O)N1CCN(c2c(NCCn3ccc(C)n3)c(=O)c2=O)CC1. The van der Waals surface area contributed by atoms with Crippen LogP contribution in [0, 0.1) is 6.92 Å². The minimum atomic E-state index is -0.462. The van der Waals surface area contributed by atoms with Gasteiger partial charge in [-0.25, -0.2) is 0 Å². The number of nitrogens with zero attached hydrogens (tertiary/aromatic N) is 4. The van der Waals surface area contributed by atoms with Crippen molar-refractivity contribution in [1.82, 2.24) is 14.7 Å². The summed E-state index contributed by atoms with van der Waals surface area (Å²) in [4.78, 5) is 38.8. The van der Waals surface area contributed by atoms with E-state index in [1.54, 1.807) is 9.58 Å². The fraction of sp³-hybridized carbons (Fsp3) is 0.500. The van der Waals surface area contributed by atoms with Gasteiger partial charge in [-0.15, -0.1) is 0 Å². The van der Waals surface area contributed by atoms with Crippen LogP contribution in [-0.2, 0) is 11.3 Å². The van der Waals surface area contributed by atoms with Gasteiger partial charge in [-0.2, -0.15) is 5.10 Å². The third kappa shape index (κ3) is 3.04. The highest BCUT2D eigenvalue weighted by Gasteiger charge is 2.28. The van der Waals surface area contributed by atoms with E-state index in [1.165, 1.54) is 6.92 Å². The van der Waals surface area contributed by atoms with E-state index in [0.717, 1.165) is 5.69 Å². The molecule has 0 saturated carbocycles. The second kappa shape index (κ2) is 6.46. The molecule has 8 heteroatoms. The van der Waals surface area contributed by atoms with Crippen molar-refractivity contribution in [2.45, 2.75) is 20.4 Å². The van der Waals surface area contributed by atoms with E-state index in [2.05, 4.69) is 10.4 Å². The Kier molecular flexibility index (Phi) is 4.37. The summed E-state index contributed by atoms with van der Waals surface area (Å²) in [5, 5.41) is 7.34. The lowest BCUT2D eigenvalue weighted by Gasteiger charge is -2.36. The number of carbonyl (C=O) groups excluding carboxylic acids is 1. The van der Waals surface area contributed by atoms with Crippen molar-refractivity contribution in [3.05, 3.63) is 38.4 Å². The Balaban J connectivity index is 1.61. The fourth-order valence-electron chi connectivity index (χ4n) is 2.97. The quantitative estimate of drug-likeness (QED) is 0.748. The number of aryl methyl sites for hydroxylation is 1. The van der Waals surface area contributed by atoms with Crippen LogP contribution in [0.2, 0.25) is 0 Å². The number of piperazine rings is 1. The van der Waals surface area contributed by atoms with Crippen molar-refractivity contribution in [3.63, 3.8) is 0 Å². The maximum Gasteiger partial charge on any atom is 0.253 e. The molecule has 0 spiro atoms. The summed E-state index contributed by atoms with van der Waals surface area (Å²) in [6.07, 6.45) is 1.88. The Bertz CT molecular complexity index is 810. The Hall–Kier alpha value is -2.64. The normalized spacial score (nSPS) is 15.1. The molecule has 0 unspecified atom stereocenters. The van der Waals surface area contributed by atoms with Gasteiger partial charge in [0.15, 0.2) is 0 Å². The smallest absolute Gasteiger partial charge is 0.253 e. The maximum atomic E-state index is 11.9. The standard InChI is InChI=1S/C16H21N5O3/c1-11-3-5-21(18-11)6-4-17-13-14(16(24)15(13)23)20-9-7-19(8-10-20)12(2)22/h3,5,17H,4,6-10H2,1-2H3. The Morgan fingerprint density at radius 3 is 2.50 bits per heavy atom. The average Bonchev–Trinajstić information content (AvgIpc) is 2.99. The molecule has 2 aromatic rings. The molecule has 1 aliphatic rings. The zero-order chi connectivity index (χ0) is 17.3. The van der Waals surface area contributed by atoms with E-state index in [4.69, 9.17) is 0 Å². The largest absolute Gasteiger partial charge is 0.378 e. The van der Waals surface area contributed by atoms with Crippen LogP contribution in [0.5, 0.6) is 0 Å². The molecule has 1 aliphatic heterocycles. The molecule has 1 fully saturated rings. The van der Waals surface area contributed by atoms with Gasteiger partial charge in [-0.3, -0.25) is 19.1 Å². The molecule has 0 atom stereocenters. The highest BCUT2D eigenvalue weighted by Crippen LogP contribution is 2.21. The topological polar surface area (TPSA) is 87.5 Å². The van der Waals surface area contributed by atoms with E-state index < -0.39 is 10.9 Å². The Morgan fingerprint density at radius 2 is 1.92 bits per heavy atom. The third-order valence-electron chi connectivity index (χ3n) is 4.34. The number of hydrogen-bond donors (Lipinski definition) is 1. The molecule has 2 heterocycles. The summed E-state index contributed by atoms with van der Waals surface area (Å²) < 4.78 is 1.79. The van der Waals surface area contributed by atoms with E-state index in [-0.39, 0.29) is 5.91 Å². The van der Waals surface area contributed by atoms with Crippen molar-refractivity contribution < 1.29 is 4.79 Å². The first kappa shape index (κ1) is 16.2. The van der Waals surface area contributed by atoms with Crippen LogP contribution in [0.3, 0.4) is 0 Å². The summed E-state index contributed by atoms with van der Waals surface area (Å²) in [5.41, 5.74) is 0.882. The van der Waals surface area contributed by atoms with Gasteiger partial charge < -0.3 is 15.1 Å². The molecular weight excluding hydrogens is 310 g/mol. The van der Waals surface area contributed by atoms with Crippen molar-refractivity contribution in [1.29, 1.82) is 0 Å². The summed E-state index contributed by atoms with van der Waals surface area (Å²) in [7, 11) is 0. The third-order valence-corrected chi connectivity index (χ3v) is 4.34. The number of rotatable bonds is 5. The Labute approximate surface area is 139 Å². The van der Waals surface area contributed by atoms with Crippen molar-refractivity contribution in [2.75, 3.05) is 42.9 Å². The predicted octanol–water partition coefficient (Wildman–Crippen LogP) is -0.432. The lowest BCUT2D eigenvalue weighted by atomic mass is 10.1. The number of nitrogens with one attached hydrogen (secondary N) is 1. The molecule has 1 aromatic heterocycles. The predicted molar refractivity (Wildman–Crippen MR) is 91.3 cm³/mol. The van der Waals surface area contributed by atoms with Gasteiger partial charge in [0, 0.05) is 45.8 Å². The van der Waals surface area contributed by atoms with Crippen molar-refractivity contribution in [2.24, 2.45) is 0 Å². The summed E-state index contributed by atoms with van der Waals surface area (Å²) in [6, 6.07) is 1.91. The minimum Gasteiger partial charge on any atom is -0.378 e. The van der Waals surface area contributed by atoms with Crippen LogP contribution in [-0.4, -0.2) is 53.3 Å². The van der Waals surface area contributed by atoms with Gasteiger partial charge in [0.2, 0.25) is 5.91 Å². The second-order valence-electron chi connectivity index (χ2n) is 6.02. The van der Waals surface area contributed by atoms with Crippen LogP contribution >= 0.6 is 0 Å². The molecule has 0 bridgehead atoms. The van der Waals surface area contributed by atoms with Crippen LogP contribution < -0.4 is 21.1 Å². The number of aromatic nitrogens is 2. The van der Waals surface area contributed by atoms with E-state index in [9.17, 15) is 14.4 Å². The zero-order valence-corrected chi connectivity index (χ0v) is 13.9. The average molecular weight is 331 g/mol. The first-order chi connectivity index (χ1) is 11.5. The van der Waals surface area contributed by atoms with E-state index in [0.29, 0.717) is 50.6 Å². The van der Waals surface area contributed by atoms with Crippen LogP contribution in [0.25, 0.3) is 0 Å². The lowest BCUT2D eigenvalue weighted by molar-refractivity contribution is -0.129. The number of carbonyl (C=O) groups is 1. The first-order valence-corrected chi connectivity index (χ1v) is 8.05. The summed E-state index contributed by atoms with van der Waals surface area (Å²) in [5.74, 6) is 0.0347. The number of hydrogen-bond acceptors (Lipinski definition) is 6. The monoisotopic (exact) mass is 331 g/mol. The molecule has 3 rings (SSSR count). The molecule has 1 N–H and O–H groups in total. The van der Waals surface area contributed by atoms with Gasteiger partial charge in [0.05, 0.1) is 12.2 Å². The van der Waals surface area contributed by atoms with E-state index in [1.807, 2.05) is 24.1 Å². The summed E-state index contributed by atoms with van der Waals surface area (Å²) >= 11 is 0. The molecule has 1 saturated heterocycles. The second-order valence-corrected chi connectivity index (χ2v) is 6.02. The van der Waals surface area contributed by atoms with Crippen LogP contribution in [0.1, 0.15) is 12.6 Å². The van der Waals surface area contributed by atoms with Gasteiger partial charge in [-0.05, 0) is 13.0 Å². The van der Waals surface area contributed by atoms with Crippen molar-refractivity contribution >= 4 is 17.3 Å². The molecule has 8 nitrogen and oxygen atoms in total. The lowest BCUT2D eigenvalue weighted by Crippen LogP contribution is -2.52. The molecule has 24 heavy (non-hydrogen) atoms. The van der Waals surface area contributed by atoms with Gasteiger partial charge >= 0.3 is 0 Å². The number of anilines is 2.